The van der Waals surface area contributed by atoms with Gasteiger partial charge in [-0.25, -0.2) is 4.39 Å². The molecular formula is C20H23FN2O. The number of aromatic nitrogens is 1. The summed E-state index contributed by atoms with van der Waals surface area (Å²) in [6, 6.07) is 7.92. The van der Waals surface area contributed by atoms with Crippen LogP contribution in [0.25, 0.3) is 10.9 Å². The molecule has 1 aromatic heterocycles. The first-order valence-electron chi connectivity index (χ1n) is 8.64. The average molecular weight is 326 g/mol. The van der Waals surface area contributed by atoms with Gasteiger partial charge in [0.25, 0.3) is 0 Å². The van der Waals surface area contributed by atoms with Crippen molar-refractivity contribution in [3.8, 4) is 5.75 Å². The minimum atomic E-state index is -0.971. The van der Waals surface area contributed by atoms with Gasteiger partial charge in [0, 0.05) is 30.1 Å². The summed E-state index contributed by atoms with van der Waals surface area (Å²) in [6.45, 7) is 5.81. The second-order valence-corrected chi connectivity index (χ2v) is 6.93. The van der Waals surface area contributed by atoms with Crippen LogP contribution < -0.4 is 4.74 Å². The second kappa shape index (κ2) is 6.17. The minimum Gasteiger partial charge on any atom is -0.497 e. The van der Waals surface area contributed by atoms with Gasteiger partial charge in [0.05, 0.1) is 12.6 Å². The molecule has 4 unspecified atom stereocenters. The van der Waals surface area contributed by atoms with Gasteiger partial charge in [-0.15, -0.1) is 6.58 Å². The third-order valence-corrected chi connectivity index (χ3v) is 5.78. The number of halogens is 1. The van der Waals surface area contributed by atoms with Crippen molar-refractivity contribution >= 4 is 10.9 Å². The molecule has 1 aromatic carbocycles. The van der Waals surface area contributed by atoms with Crippen LogP contribution in [-0.4, -0.2) is 36.1 Å². The summed E-state index contributed by atoms with van der Waals surface area (Å²) in [4.78, 5) is 6.76. The lowest BCUT2D eigenvalue weighted by Crippen LogP contribution is -2.53. The lowest BCUT2D eigenvalue weighted by Gasteiger charge is -2.50. The van der Waals surface area contributed by atoms with Gasteiger partial charge in [-0.3, -0.25) is 9.88 Å². The number of alkyl halides is 1. The molecule has 3 aliphatic heterocycles. The summed E-state index contributed by atoms with van der Waals surface area (Å²) in [5.74, 6) is 1.22. The zero-order chi connectivity index (χ0) is 16.7. The standard InChI is InChI=1S/C20H23FN2O/c1-3-14-10-13-7-9-23(14)12-18(13)20(21)16-6-8-22-19-5-4-15(24-2)11-17(16)19/h3-6,8,11,13-14,18,20H,1,7,9-10,12H2,2H3/t13?,14?,18?,20-/m1/s1. The van der Waals surface area contributed by atoms with Gasteiger partial charge in [0.1, 0.15) is 11.9 Å². The van der Waals surface area contributed by atoms with E-state index in [9.17, 15) is 0 Å². The van der Waals surface area contributed by atoms with Crippen molar-refractivity contribution in [1.82, 2.24) is 9.88 Å². The summed E-state index contributed by atoms with van der Waals surface area (Å²) >= 11 is 0. The molecule has 3 aliphatic rings. The van der Waals surface area contributed by atoms with Crippen LogP contribution in [0, 0.1) is 11.8 Å². The number of rotatable bonds is 4. The van der Waals surface area contributed by atoms with Gasteiger partial charge in [0.2, 0.25) is 0 Å². The normalized spacial score (nSPS) is 30.2. The first-order chi connectivity index (χ1) is 11.7. The molecule has 3 nitrogen and oxygen atoms in total. The monoisotopic (exact) mass is 326 g/mol. The molecule has 126 valence electrons. The number of pyridine rings is 1. The van der Waals surface area contributed by atoms with Gasteiger partial charge in [-0.05, 0) is 55.1 Å². The maximum absolute atomic E-state index is 15.6. The quantitative estimate of drug-likeness (QED) is 0.789. The highest BCUT2D eigenvalue weighted by atomic mass is 19.1. The first-order valence-corrected chi connectivity index (χ1v) is 8.64. The molecule has 5 rings (SSSR count). The first kappa shape index (κ1) is 15.6. The zero-order valence-corrected chi connectivity index (χ0v) is 14.0. The molecule has 5 atom stereocenters. The van der Waals surface area contributed by atoms with Crippen molar-refractivity contribution in [3.05, 3.63) is 48.7 Å². The fraction of sp³-hybridized carbons (Fsp3) is 0.450. The third kappa shape index (κ3) is 2.49. The average Bonchev–Trinajstić information content (AvgIpc) is 2.66. The molecule has 0 aliphatic carbocycles. The molecule has 0 saturated carbocycles. The Kier molecular flexibility index (Phi) is 4.01. The van der Waals surface area contributed by atoms with Crippen molar-refractivity contribution in [1.29, 1.82) is 0 Å². The Hall–Kier alpha value is -1.94. The van der Waals surface area contributed by atoms with E-state index < -0.39 is 6.17 Å². The number of nitrogens with zero attached hydrogens (tertiary/aromatic N) is 2. The SMILES string of the molecule is C=CC1CC2CCN1CC2[C@H](F)c1ccnc2ccc(OC)cc12. The molecule has 3 fully saturated rings. The van der Waals surface area contributed by atoms with E-state index >= 15 is 4.39 Å². The molecule has 0 N–H and O–H groups in total. The van der Waals surface area contributed by atoms with Gasteiger partial charge in [-0.1, -0.05) is 6.08 Å². The second-order valence-electron chi connectivity index (χ2n) is 6.93. The number of piperidine rings is 3. The number of hydrogen-bond donors (Lipinski definition) is 0. The van der Waals surface area contributed by atoms with E-state index in [1.54, 1.807) is 13.3 Å². The molecule has 4 heteroatoms. The smallest absolute Gasteiger partial charge is 0.130 e. The molecular weight excluding hydrogens is 303 g/mol. The molecule has 0 amide bonds. The summed E-state index contributed by atoms with van der Waals surface area (Å²) in [7, 11) is 1.63. The van der Waals surface area contributed by atoms with Crippen LogP contribution in [0.3, 0.4) is 0 Å². The van der Waals surface area contributed by atoms with E-state index in [0.717, 1.165) is 48.1 Å². The van der Waals surface area contributed by atoms with Crippen molar-refractivity contribution in [2.45, 2.75) is 25.1 Å². The Morgan fingerprint density at radius 2 is 2.29 bits per heavy atom. The van der Waals surface area contributed by atoms with Gasteiger partial charge in [-0.2, -0.15) is 0 Å². The highest BCUT2D eigenvalue weighted by Gasteiger charge is 2.43. The van der Waals surface area contributed by atoms with Crippen molar-refractivity contribution in [3.63, 3.8) is 0 Å². The van der Waals surface area contributed by atoms with E-state index in [1.807, 2.05) is 30.3 Å². The summed E-state index contributed by atoms with van der Waals surface area (Å²) in [5, 5.41) is 0.862. The zero-order valence-electron chi connectivity index (χ0n) is 14.0. The van der Waals surface area contributed by atoms with Crippen LogP contribution in [0.1, 0.15) is 24.6 Å². The Labute approximate surface area is 142 Å². The van der Waals surface area contributed by atoms with Crippen LogP contribution in [-0.2, 0) is 0 Å². The minimum absolute atomic E-state index is 0.0479. The highest BCUT2D eigenvalue weighted by molar-refractivity contribution is 5.83. The number of benzene rings is 1. The fourth-order valence-corrected chi connectivity index (χ4v) is 4.43. The molecule has 4 heterocycles. The van der Waals surface area contributed by atoms with E-state index in [2.05, 4.69) is 16.5 Å². The predicted molar refractivity (Wildman–Crippen MR) is 93.9 cm³/mol. The summed E-state index contributed by atoms with van der Waals surface area (Å²) in [6.07, 6.45) is 4.87. The van der Waals surface area contributed by atoms with E-state index in [1.165, 1.54) is 0 Å². The van der Waals surface area contributed by atoms with Crippen LogP contribution in [0.15, 0.2) is 43.1 Å². The number of hydrogen-bond acceptors (Lipinski definition) is 3. The van der Waals surface area contributed by atoms with Gasteiger partial charge < -0.3 is 4.74 Å². The number of methoxy groups -OCH3 is 1. The topological polar surface area (TPSA) is 25.4 Å². The van der Waals surface area contributed by atoms with Crippen LogP contribution in [0.4, 0.5) is 4.39 Å². The molecule has 0 spiro atoms. The summed E-state index contributed by atoms with van der Waals surface area (Å²) in [5.41, 5.74) is 1.56. The van der Waals surface area contributed by atoms with Gasteiger partial charge >= 0.3 is 0 Å². The lowest BCUT2D eigenvalue weighted by atomic mass is 9.72. The van der Waals surface area contributed by atoms with E-state index in [0.29, 0.717) is 12.0 Å². The van der Waals surface area contributed by atoms with E-state index in [4.69, 9.17) is 4.74 Å². The molecule has 3 saturated heterocycles. The maximum Gasteiger partial charge on any atom is 0.130 e. The van der Waals surface area contributed by atoms with Crippen LogP contribution >= 0.6 is 0 Å². The molecule has 0 radical (unpaired) electrons. The Balaban J connectivity index is 1.69. The van der Waals surface area contributed by atoms with Crippen LogP contribution in [0.2, 0.25) is 0 Å². The predicted octanol–water partition coefficient (Wildman–Crippen LogP) is 4.15. The van der Waals surface area contributed by atoms with Crippen molar-refractivity contribution in [2.75, 3.05) is 20.2 Å². The summed E-state index contributed by atoms with van der Waals surface area (Å²) < 4.78 is 20.9. The lowest BCUT2D eigenvalue weighted by molar-refractivity contribution is -0.0164. The van der Waals surface area contributed by atoms with Crippen molar-refractivity contribution < 1.29 is 9.13 Å². The Morgan fingerprint density at radius 3 is 3.00 bits per heavy atom. The molecule has 24 heavy (non-hydrogen) atoms. The fourth-order valence-electron chi connectivity index (χ4n) is 4.43. The third-order valence-electron chi connectivity index (χ3n) is 5.78. The highest BCUT2D eigenvalue weighted by Crippen LogP contribution is 2.45. The molecule has 2 aromatic rings. The van der Waals surface area contributed by atoms with E-state index in [-0.39, 0.29) is 5.92 Å². The van der Waals surface area contributed by atoms with Gasteiger partial charge in [0.15, 0.2) is 0 Å². The number of ether oxygens (including phenoxy) is 1. The Morgan fingerprint density at radius 1 is 1.42 bits per heavy atom. The maximum atomic E-state index is 15.6. The van der Waals surface area contributed by atoms with Crippen molar-refractivity contribution in [2.24, 2.45) is 11.8 Å². The molecule has 2 bridgehead atoms. The number of fused-ring (bicyclic) bond motifs is 4. The largest absolute Gasteiger partial charge is 0.497 e. The Bertz CT molecular complexity index is 762. The van der Waals surface area contributed by atoms with Crippen LogP contribution in [0.5, 0.6) is 5.75 Å².